The minimum atomic E-state index is -0.672. The van der Waals surface area contributed by atoms with E-state index in [1.165, 1.54) is 270 Å². The molecule has 0 bridgehead atoms. The number of esters is 1. The zero-order valence-electron chi connectivity index (χ0n) is 48.7. The normalized spacial score (nSPS) is 12.7. The van der Waals surface area contributed by atoms with Crippen molar-refractivity contribution in [3.05, 3.63) is 24.3 Å². The third-order valence-electron chi connectivity index (χ3n) is 15.3. The van der Waals surface area contributed by atoms with Gasteiger partial charge in [-0.15, -0.1) is 0 Å². The van der Waals surface area contributed by atoms with Crippen LogP contribution >= 0.6 is 0 Å². The average molecular weight is 1010 g/mol. The number of ether oxygens (including phenoxy) is 1. The molecule has 0 aromatic heterocycles. The maximum absolute atomic E-state index is 12.5. The quantitative estimate of drug-likeness (QED) is 0.0320. The molecule has 0 aliphatic carbocycles. The lowest BCUT2D eigenvalue weighted by atomic mass is 10.0. The van der Waals surface area contributed by atoms with Gasteiger partial charge in [0.15, 0.2) is 0 Å². The lowest BCUT2D eigenvalue weighted by molar-refractivity contribution is -0.143. The van der Waals surface area contributed by atoms with Gasteiger partial charge < -0.3 is 20.3 Å². The summed E-state index contributed by atoms with van der Waals surface area (Å²) in [6, 6.07) is -0.550. The standard InChI is InChI=1S/C66H127NO5/c1-3-5-7-9-11-13-15-17-19-20-21-22-23-24-25-26-27-28-31-34-38-42-46-50-54-58-64(69)63(62-68)67-65(70)59-55-51-47-43-39-35-32-29-33-37-41-45-49-53-57-61-72-66(71)60-56-52-48-44-40-36-30-18-16-14-12-10-8-6-4-2/h12,14,18,30,63-64,68-69H,3-11,13,15-17,19-29,31-62H2,1-2H3,(H,67,70)/b14-12-,30-18-. The number of allylic oxidation sites excluding steroid dienone is 4. The zero-order chi connectivity index (χ0) is 52.2. The number of carbonyl (C=O) groups is 2. The average Bonchev–Trinajstić information content (AvgIpc) is 3.38. The minimum absolute atomic E-state index is 0.0122. The highest BCUT2D eigenvalue weighted by Crippen LogP contribution is 2.18. The van der Waals surface area contributed by atoms with Crippen LogP contribution in [0.2, 0.25) is 0 Å². The molecule has 0 aromatic carbocycles. The van der Waals surface area contributed by atoms with Crippen LogP contribution in [0, 0.1) is 0 Å². The lowest BCUT2D eigenvalue weighted by Crippen LogP contribution is -2.45. The van der Waals surface area contributed by atoms with Crippen molar-refractivity contribution in [2.45, 2.75) is 373 Å². The van der Waals surface area contributed by atoms with E-state index in [0.717, 1.165) is 57.8 Å². The topological polar surface area (TPSA) is 95.9 Å². The molecule has 426 valence electrons. The molecule has 72 heavy (non-hydrogen) atoms. The van der Waals surface area contributed by atoms with Crippen molar-refractivity contribution in [3.8, 4) is 0 Å². The third-order valence-corrected chi connectivity index (χ3v) is 15.3. The molecule has 0 heterocycles. The Hall–Kier alpha value is -1.66. The van der Waals surface area contributed by atoms with Crippen LogP contribution in [0.1, 0.15) is 361 Å². The highest BCUT2D eigenvalue weighted by molar-refractivity contribution is 5.76. The lowest BCUT2D eigenvalue weighted by Gasteiger charge is -2.22. The molecule has 0 saturated carbocycles. The van der Waals surface area contributed by atoms with Crippen molar-refractivity contribution in [2.75, 3.05) is 13.2 Å². The Morgan fingerprint density at radius 2 is 0.694 bits per heavy atom. The van der Waals surface area contributed by atoms with Gasteiger partial charge >= 0.3 is 5.97 Å². The molecule has 0 saturated heterocycles. The first kappa shape index (κ1) is 70.3. The van der Waals surface area contributed by atoms with Gasteiger partial charge in [-0.2, -0.15) is 0 Å². The maximum atomic E-state index is 12.5. The summed E-state index contributed by atoms with van der Waals surface area (Å²) in [6.07, 6.45) is 76.2. The number of amides is 1. The fourth-order valence-corrected chi connectivity index (χ4v) is 10.3. The monoisotopic (exact) mass is 1010 g/mol. The number of aliphatic hydroxyl groups is 2. The van der Waals surface area contributed by atoms with Crippen LogP contribution in [0.3, 0.4) is 0 Å². The molecular weight excluding hydrogens is 887 g/mol. The van der Waals surface area contributed by atoms with Gasteiger partial charge in [0.25, 0.3) is 0 Å². The third kappa shape index (κ3) is 57.6. The molecule has 0 radical (unpaired) electrons. The van der Waals surface area contributed by atoms with Gasteiger partial charge in [-0.25, -0.2) is 0 Å². The van der Waals surface area contributed by atoms with Crippen molar-refractivity contribution in [2.24, 2.45) is 0 Å². The first-order chi connectivity index (χ1) is 35.5. The molecule has 0 aliphatic heterocycles. The molecule has 3 N–H and O–H groups in total. The number of hydrogen-bond acceptors (Lipinski definition) is 5. The predicted molar refractivity (Wildman–Crippen MR) is 315 cm³/mol. The summed E-state index contributed by atoms with van der Waals surface area (Å²) in [5, 5.41) is 23.4. The van der Waals surface area contributed by atoms with E-state index in [9.17, 15) is 19.8 Å². The van der Waals surface area contributed by atoms with E-state index < -0.39 is 12.1 Å². The van der Waals surface area contributed by atoms with Crippen LogP contribution in [0.15, 0.2) is 24.3 Å². The van der Waals surface area contributed by atoms with E-state index in [0.29, 0.717) is 25.9 Å². The fraction of sp³-hybridized carbons (Fsp3) is 0.909. The van der Waals surface area contributed by atoms with Crippen LogP contribution in [0.4, 0.5) is 0 Å². The Kier molecular flexibility index (Phi) is 60.5. The number of rotatable bonds is 61. The molecule has 0 aliphatic rings. The second-order valence-corrected chi connectivity index (χ2v) is 22.5. The van der Waals surface area contributed by atoms with Crippen LogP contribution in [0.5, 0.6) is 0 Å². The van der Waals surface area contributed by atoms with E-state index in [-0.39, 0.29) is 18.5 Å². The van der Waals surface area contributed by atoms with Crippen molar-refractivity contribution < 1.29 is 24.5 Å². The number of aliphatic hydroxyl groups excluding tert-OH is 2. The van der Waals surface area contributed by atoms with E-state index in [4.69, 9.17) is 4.74 Å². The zero-order valence-corrected chi connectivity index (χ0v) is 48.7. The highest BCUT2D eigenvalue weighted by Gasteiger charge is 2.20. The first-order valence-electron chi connectivity index (χ1n) is 32.6. The molecule has 6 heteroatoms. The maximum Gasteiger partial charge on any atom is 0.305 e. The highest BCUT2D eigenvalue weighted by atomic mass is 16.5. The van der Waals surface area contributed by atoms with Gasteiger partial charge in [-0.3, -0.25) is 9.59 Å². The van der Waals surface area contributed by atoms with Crippen molar-refractivity contribution >= 4 is 11.9 Å². The molecule has 0 spiro atoms. The molecule has 6 nitrogen and oxygen atoms in total. The molecule has 0 aromatic rings. The SMILES string of the molecule is CCCCC/C=C\C/C=C\CCCCCCCC(=O)OCCCCCCCCCCCCCCCCCC(=O)NC(CO)C(O)CCCCCCCCCCCCCCCCCCCCCCCCCCC. The summed E-state index contributed by atoms with van der Waals surface area (Å²) in [6.45, 7) is 4.93. The van der Waals surface area contributed by atoms with Gasteiger partial charge in [0.05, 0.1) is 25.4 Å². The van der Waals surface area contributed by atoms with Gasteiger partial charge in [0.1, 0.15) is 0 Å². The van der Waals surface area contributed by atoms with E-state index in [1.807, 2.05) is 0 Å². The number of unbranched alkanes of at least 4 members (excludes halogenated alkanes) is 46. The van der Waals surface area contributed by atoms with Crippen molar-refractivity contribution in [1.29, 1.82) is 0 Å². The summed E-state index contributed by atoms with van der Waals surface area (Å²) in [5.41, 5.74) is 0. The summed E-state index contributed by atoms with van der Waals surface area (Å²) < 4.78 is 5.47. The Labute approximate surface area is 450 Å². The second-order valence-electron chi connectivity index (χ2n) is 22.5. The number of carbonyl (C=O) groups excluding carboxylic acids is 2. The Morgan fingerprint density at radius 3 is 1.08 bits per heavy atom. The smallest absolute Gasteiger partial charge is 0.305 e. The summed E-state index contributed by atoms with van der Waals surface area (Å²) in [7, 11) is 0. The van der Waals surface area contributed by atoms with Crippen LogP contribution in [-0.2, 0) is 14.3 Å². The van der Waals surface area contributed by atoms with E-state index in [2.05, 4.69) is 43.5 Å². The van der Waals surface area contributed by atoms with Gasteiger partial charge in [-0.05, 0) is 57.8 Å². The summed E-state index contributed by atoms with van der Waals surface area (Å²) >= 11 is 0. The van der Waals surface area contributed by atoms with Crippen molar-refractivity contribution in [3.63, 3.8) is 0 Å². The van der Waals surface area contributed by atoms with Crippen LogP contribution in [0.25, 0.3) is 0 Å². The molecular formula is C66H127NO5. The number of hydrogen-bond donors (Lipinski definition) is 3. The Morgan fingerprint density at radius 1 is 0.389 bits per heavy atom. The Bertz CT molecular complexity index is 1120. The first-order valence-corrected chi connectivity index (χ1v) is 32.6. The van der Waals surface area contributed by atoms with Crippen molar-refractivity contribution in [1.82, 2.24) is 5.32 Å². The molecule has 1 amide bonds. The number of nitrogens with one attached hydrogen (secondary N) is 1. The van der Waals surface area contributed by atoms with Crippen LogP contribution in [-0.4, -0.2) is 47.4 Å². The van der Waals surface area contributed by atoms with E-state index in [1.54, 1.807) is 0 Å². The summed E-state index contributed by atoms with van der Waals surface area (Å²) in [5.74, 6) is -0.0521. The molecule has 2 atom stereocenters. The Balaban J connectivity index is 3.43. The van der Waals surface area contributed by atoms with E-state index >= 15 is 0 Å². The fourth-order valence-electron chi connectivity index (χ4n) is 10.3. The molecule has 0 fully saturated rings. The largest absolute Gasteiger partial charge is 0.466 e. The minimum Gasteiger partial charge on any atom is -0.466 e. The van der Waals surface area contributed by atoms with Gasteiger partial charge in [0, 0.05) is 12.8 Å². The van der Waals surface area contributed by atoms with Crippen LogP contribution < -0.4 is 5.32 Å². The second kappa shape index (κ2) is 61.9. The van der Waals surface area contributed by atoms with Gasteiger partial charge in [-0.1, -0.05) is 314 Å². The predicted octanol–water partition coefficient (Wildman–Crippen LogP) is 20.6. The van der Waals surface area contributed by atoms with Gasteiger partial charge in [0.2, 0.25) is 5.91 Å². The molecule has 0 rings (SSSR count). The summed E-state index contributed by atoms with van der Waals surface area (Å²) in [4.78, 5) is 24.6. The molecule has 2 unspecified atom stereocenters.